The van der Waals surface area contributed by atoms with Gasteiger partial charge in [-0.3, -0.25) is 4.99 Å². The Bertz CT molecular complexity index is 529. The van der Waals surface area contributed by atoms with Crippen molar-refractivity contribution in [3.05, 3.63) is 29.3 Å². The minimum Gasteiger partial charge on any atom is -0.300 e. The molecule has 1 rings (SSSR count). The van der Waals surface area contributed by atoms with Gasteiger partial charge in [-0.2, -0.15) is 0 Å². The molecule has 0 aliphatic carbocycles. The minimum atomic E-state index is 0.273. The van der Waals surface area contributed by atoms with Crippen molar-refractivity contribution in [2.24, 2.45) is 10.9 Å². The van der Waals surface area contributed by atoms with Crippen molar-refractivity contribution < 1.29 is 4.79 Å². The summed E-state index contributed by atoms with van der Waals surface area (Å²) in [7, 11) is 0. The maximum Gasteiger partial charge on any atom is 0.130 e. The summed E-state index contributed by atoms with van der Waals surface area (Å²) in [5.41, 5.74) is 4.91. The maximum absolute atomic E-state index is 11.4. The Balaban J connectivity index is 3.15. The van der Waals surface area contributed by atoms with E-state index < -0.39 is 0 Å². The second-order valence-electron chi connectivity index (χ2n) is 7.33. The highest BCUT2D eigenvalue weighted by molar-refractivity contribution is 5.86. The van der Waals surface area contributed by atoms with Crippen molar-refractivity contribution in [2.75, 3.05) is 0 Å². The van der Waals surface area contributed by atoms with E-state index in [1.165, 1.54) is 11.1 Å². The normalized spacial score (nSPS) is 13.7. The van der Waals surface area contributed by atoms with Gasteiger partial charge in [-0.15, -0.1) is 0 Å². The van der Waals surface area contributed by atoms with Gasteiger partial charge in [0, 0.05) is 12.1 Å². The molecule has 23 heavy (non-hydrogen) atoms. The van der Waals surface area contributed by atoms with Crippen LogP contribution in [-0.4, -0.2) is 11.5 Å². The molecule has 0 spiro atoms. The van der Waals surface area contributed by atoms with E-state index in [4.69, 9.17) is 4.99 Å². The summed E-state index contributed by atoms with van der Waals surface area (Å²) in [6, 6.07) is 6.52. The molecular weight excluding hydrogens is 282 g/mol. The summed E-state index contributed by atoms with van der Waals surface area (Å²) in [5.74, 6) is 1.60. The lowest BCUT2D eigenvalue weighted by Gasteiger charge is -2.18. The number of benzene rings is 1. The predicted molar refractivity (Wildman–Crippen MR) is 101 cm³/mol. The van der Waals surface area contributed by atoms with Gasteiger partial charge >= 0.3 is 0 Å². The van der Waals surface area contributed by atoms with Crippen molar-refractivity contribution >= 4 is 17.2 Å². The van der Waals surface area contributed by atoms with Crippen LogP contribution >= 0.6 is 0 Å². The first-order chi connectivity index (χ1) is 10.8. The van der Waals surface area contributed by atoms with Crippen LogP contribution in [0.25, 0.3) is 0 Å². The molecule has 2 heteroatoms. The van der Waals surface area contributed by atoms with Crippen LogP contribution in [0.3, 0.4) is 0 Å². The molecule has 0 saturated carbocycles. The second-order valence-corrected chi connectivity index (χ2v) is 7.33. The highest BCUT2D eigenvalue weighted by Gasteiger charge is 2.15. The molecule has 1 unspecified atom stereocenters. The zero-order valence-electron chi connectivity index (χ0n) is 15.9. The maximum atomic E-state index is 11.4. The van der Waals surface area contributed by atoms with Crippen molar-refractivity contribution in [1.82, 2.24) is 0 Å². The number of carbonyl (C=O) groups excluding carboxylic acids is 1. The molecule has 0 bridgehead atoms. The van der Waals surface area contributed by atoms with Gasteiger partial charge in [0.25, 0.3) is 0 Å². The first kappa shape index (κ1) is 19.6. The van der Waals surface area contributed by atoms with Gasteiger partial charge in [0.2, 0.25) is 0 Å². The van der Waals surface area contributed by atoms with E-state index in [9.17, 15) is 4.79 Å². The van der Waals surface area contributed by atoms with E-state index in [0.29, 0.717) is 24.2 Å². The molecule has 0 fully saturated rings. The van der Waals surface area contributed by atoms with Crippen LogP contribution < -0.4 is 0 Å². The summed E-state index contributed by atoms with van der Waals surface area (Å²) in [4.78, 5) is 16.4. The van der Waals surface area contributed by atoms with Crippen molar-refractivity contribution in [2.45, 2.75) is 79.6 Å². The molecule has 128 valence electrons. The number of hydrogen-bond acceptors (Lipinski definition) is 2. The van der Waals surface area contributed by atoms with Crippen LogP contribution in [0, 0.1) is 5.92 Å². The Morgan fingerprint density at radius 2 is 1.52 bits per heavy atom. The van der Waals surface area contributed by atoms with E-state index in [-0.39, 0.29) is 5.78 Å². The third-order valence-electron chi connectivity index (χ3n) is 4.38. The van der Waals surface area contributed by atoms with Crippen LogP contribution in [0.4, 0.5) is 5.69 Å². The summed E-state index contributed by atoms with van der Waals surface area (Å²) in [6.07, 6.45) is 2.58. The molecule has 0 radical (unpaired) electrons. The Labute approximate surface area is 142 Å². The minimum absolute atomic E-state index is 0.273. The van der Waals surface area contributed by atoms with Crippen LogP contribution in [0.5, 0.6) is 0 Å². The van der Waals surface area contributed by atoms with Gasteiger partial charge in [-0.05, 0) is 49.1 Å². The third kappa shape index (κ3) is 5.93. The summed E-state index contributed by atoms with van der Waals surface area (Å²) in [5, 5.41) is 0. The van der Waals surface area contributed by atoms with Gasteiger partial charge in [0.1, 0.15) is 5.78 Å². The lowest BCUT2D eigenvalue weighted by Crippen LogP contribution is -2.09. The SMILES string of the molecule is CCC(CC(C)=O)CC(C)=Nc1c(C(C)C)cccc1C(C)C. The number of nitrogens with zero attached hydrogens (tertiary/aromatic N) is 1. The summed E-state index contributed by atoms with van der Waals surface area (Å²) in [6.45, 7) is 14.8. The van der Waals surface area contributed by atoms with E-state index in [0.717, 1.165) is 24.2 Å². The third-order valence-corrected chi connectivity index (χ3v) is 4.38. The summed E-state index contributed by atoms with van der Waals surface area (Å²) < 4.78 is 0. The highest BCUT2D eigenvalue weighted by Crippen LogP contribution is 2.35. The van der Waals surface area contributed by atoms with Crippen LogP contribution in [0.1, 0.15) is 90.7 Å². The number of ketones is 1. The van der Waals surface area contributed by atoms with E-state index >= 15 is 0 Å². The van der Waals surface area contributed by atoms with Crippen molar-refractivity contribution in [1.29, 1.82) is 0 Å². The second kappa shape index (κ2) is 9.00. The Kier molecular flexibility index (Phi) is 7.67. The smallest absolute Gasteiger partial charge is 0.130 e. The van der Waals surface area contributed by atoms with Crippen LogP contribution in [0.15, 0.2) is 23.2 Å². The zero-order valence-corrected chi connectivity index (χ0v) is 15.9. The Hall–Kier alpha value is -1.44. The molecule has 1 atom stereocenters. The molecule has 0 aromatic heterocycles. The van der Waals surface area contributed by atoms with E-state index in [1.807, 2.05) is 0 Å². The molecule has 1 aromatic rings. The fraction of sp³-hybridized carbons (Fsp3) is 0.619. The van der Waals surface area contributed by atoms with E-state index in [2.05, 4.69) is 59.7 Å². The van der Waals surface area contributed by atoms with E-state index in [1.54, 1.807) is 6.92 Å². The lowest BCUT2D eigenvalue weighted by atomic mass is 9.92. The quantitative estimate of drug-likeness (QED) is 0.509. The first-order valence-corrected chi connectivity index (χ1v) is 8.92. The van der Waals surface area contributed by atoms with Crippen molar-refractivity contribution in [3.63, 3.8) is 0 Å². The molecule has 0 heterocycles. The number of aliphatic imine (C=N–C) groups is 1. The molecule has 0 aliphatic heterocycles. The fourth-order valence-corrected chi connectivity index (χ4v) is 3.06. The molecule has 0 N–H and O–H groups in total. The number of rotatable bonds is 8. The Morgan fingerprint density at radius 1 is 1.00 bits per heavy atom. The topological polar surface area (TPSA) is 29.4 Å². The number of para-hydroxylation sites is 1. The van der Waals surface area contributed by atoms with Gasteiger partial charge in [-0.25, -0.2) is 0 Å². The van der Waals surface area contributed by atoms with Gasteiger partial charge in [-0.1, -0.05) is 59.2 Å². The van der Waals surface area contributed by atoms with Gasteiger partial charge < -0.3 is 4.79 Å². The standard InChI is InChI=1S/C21H33NO/c1-8-18(13-17(7)23)12-16(6)22-21-19(14(2)3)10-9-11-20(21)15(4)5/h9-11,14-15,18H,8,12-13H2,1-7H3. The lowest BCUT2D eigenvalue weighted by molar-refractivity contribution is -0.117. The molecule has 1 aromatic carbocycles. The molecule has 0 aliphatic rings. The molecule has 2 nitrogen and oxygen atoms in total. The Morgan fingerprint density at radius 3 is 1.91 bits per heavy atom. The van der Waals surface area contributed by atoms with Crippen LogP contribution in [-0.2, 0) is 4.79 Å². The van der Waals surface area contributed by atoms with Crippen LogP contribution in [0.2, 0.25) is 0 Å². The van der Waals surface area contributed by atoms with Gasteiger partial charge in [0.05, 0.1) is 5.69 Å². The fourth-order valence-electron chi connectivity index (χ4n) is 3.06. The summed E-state index contributed by atoms with van der Waals surface area (Å²) >= 11 is 0. The molecule has 0 saturated heterocycles. The highest BCUT2D eigenvalue weighted by atomic mass is 16.1. The molecule has 0 amide bonds. The number of Topliss-reactive ketones (excluding diaryl/α,β-unsaturated/α-hetero) is 1. The largest absolute Gasteiger partial charge is 0.300 e. The predicted octanol–water partition coefficient (Wildman–Crippen LogP) is 6.42. The average Bonchev–Trinajstić information content (AvgIpc) is 2.45. The zero-order chi connectivity index (χ0) is 17.6. The molecular formula is C21H33NO. The number of hydrogen-bond donors (Lipinski definition) is 0. The van der Waals surface area contributed by atoms with Crippen molar-refractivity contribution in [3.8, 4) is 0 Å². The van der Waals surface area contributed by atoms with Gasteiger partial charge in [0.15, 0.2) is 0 Å². The average molecular weight is 316 g/mol. The monoisotopic (exact) mass is 315 g/mol. The first-order valence-electron chi connectivity index (χ1n) is 8.92. The number of carbonyl (C=O) groups is 1.